The zero-order valence-corrected chi connectivity index (χ0v) is 12.4. The molecule has 0 fully saturated rings. The first-order valence-corrected chi connectivity index (χ1v) is 7.50. The molecule has 0 aliphatic rings. The molecule has 0 aromatic heterocycles. The van der Waals surface area contributed by atoms with Crippen LogP contribution in [0.4, 0.5) is 0 Å². The fraction of sp³-hybridized carbons (Fsp3) is 0.235. The third-order valence-corrected chi connectivity index (χ3v) is 3.96. The SMILES string of the molecule is CC(C)Sc1ccccc1C(=O)C(O)c1ccccc1. The topological polar surface area (TPSA) is 37.3 Å². The van der Waals surface area contributed by atoms with Crippen molar-refractivity contribution in [2.75, 3.05) is 0 Å². The molecule has 2 nitrogen and oxygen atoms in total. The number of benzene rings is 2. The molecular weight excluding hydrogens is 268 g/mol. The average Bonchev–Trinajstić information content (AvgIpc) is 2.46. The molecule has 0 heterocycles. The van der Waals surface area contributed by atoms with Crippen molar-refractivity contribution < 1.29 is 9.90 Å². The molecule has 3 heteroatoms. The van der Waals surface area contributed by atoms with E-state index in [0.717, 1.165) is 4.90 Å². The second kappa shape index (κ2) is 6.73. The van der Waals surface area contributed by atoms with Gasteiger partial charge in [0.05, 0.1) is 0 Å². The predicted octanol–water partition coefficient (Wildman–Crippen LogP) is 4.10. The van der Waals surface area contributed by atoms with Gasteiger partial charge in [-0.15, -0.1) is 11.8 Å². The summed E-state index contributed by atoms with van der Waals surface area (Å²) >= 11 is 1.63. The third-order valence-electron chi connectivity index (χ3n) is 2.88. The lowest BCUT2D eigenvalue weighted by molar-refractivity contribution is 0.0744. The standard InChI is InChI=1S/C17H18O2S/c1-12(2)20-15-11-7-6-10-14(15)17(19)16(18)13-8-4-3-5-9-13/h3-12,16,18H,1-2H3. The highest BCUT2D eigenvalue weighted by molar-refractivity contribution is 8.00. The maximum atomic E-state index is 12.5. The van der Waals surface area contributed by atoms with E-state index in [1.807, 2.05) is 36.4 Å². The predicted molar refractivity (Wildman–Crippen MR) is 83.2 cm³/mol. The number of ketones is 1. The number of aliphatic hydroxyl groups excluding tert-OH is 1. The number of aliphatic hydroxyl groups is 1. The van der Waals surface area contributed by atoms with Gasteiger partial charge in [-0.05, 0) is 11.6 Å². The lowest BCUT2D eigenvalue weighted by Crippen LogP contribution is -2.13. The van der Waals surface area contributed by atoms with E-state index in [0.29, 0.717) is 16.4 Å². The largest absolute Gasteiger partial charge is 0.380 e. The minimum atomic E-state index is -1.11. The molecule has 0 bridgehead atoms. The molecule has 0 aliphatic heterocycles. The Balaban J connectivity index is 2.29. The van der Waals surface area contributed by atoms with Crippen molar-refractivity contribution in [1.29, 1.82) is 0 Å². The molecule has 0 amide bonds. The van der Waals surface area contributed by atoms with Crippen LogP contribution in [-0.4, -0.2) is 16.1 Å². The number of hydrogen-bond acceptors (Lipinski definition) is 3. The Bertz CT molecular complexity index is 579. The van der Waals surface area contributed by atoms with Crippen molar-refractivity contribution in [3.05, 3.63) is 65.7 Å². The second-order valence-corrected chi connectivity index (χ2v) is 6.46. The normalized spacial score (nSPS) is 12.4. The zero-order valence-electron chi connectivity index (χ0n) is 11.6. The van der Waals surface area contributed by atoms with E-state index < -0.39 is 6.10 Å². The smallest absolute Gasteiger partial charge is 0.196 e. The van der Waals surface area contributed by atoms with Crippen LogP contribution in [0.5, 0.6) is 0 Å². The first-order chi connectivity index (χ1) is 9.59. The van der Waals surface area contributed by atoms with Crippen LogP contribution in [0.25, 0.3) is 0 Å². The number of rotatable bonds is 5. The molecule has 2 aromatic rings. The lowest BCUT2D eigenvalue weighted by atomic mass is 10.00. The fourth-order valence-corrected chi connectivity index (χ4v) is 2.92. The summed E-state index contributed by atoms with van der Waals surface area (Å²) < 4.78 is 0. The van der Waals surface area contributed by atoms with Crippen LogP contribution in [0, 0.1) is 0 Å². The Labute approximate surface area is 123 Å². The van der Waals surface area contributed by atoms with E-state index in [4.69, 9.17) is 0 Å². The Morgan fingerprint density at radius 3 is 2.25 bits per heavy atom. The molecule has 0 saturated carbocycles. The number of thioether (sulfide) groups is 1. The van der Waals surface area contributed by atoms with Crippen molar-refractivity contribution in [1.82, 2.24) is 0 Å². The quantitative estimate of drug-likeness (QED) is 0.664. The van der Waals surface area contributed by atoms with E-state index in [-0.39, 0.29) is 5.78 Å². The molecule has 2 rings (SSSR count). The van der Waals surface area contributed by atoms with Gasteiger partial charge in [-0.1, -0.05) is 62.4 Å². The molecule has 0 saturated heterocycles. The van der Waals surface area contributed by atoms with Gasteiger partial charge in [0.25, 0.3) is 0 Å². The Hall–Kier alpha value is -1.58. The molecule has 0 aliphatic carbocycles. The van der Waals surface area contributed by atoms with E-state index in [2.05, 4.69) is 13.8 Å². The van der Waals surface area contributed by atoms with Gasteiger partial charge >= 0.3 is 0 Å². The third kappa shape index (κ3) is 3.50. The van der Waals surface area contributed by atoms with Gasteiger partial charge in [-0.2, -0.15) is 0 Å². The van der Waals surface area contributed by atoms with Gasteiger partial charge in [0.15, 0.2) is 5.78 Å². The van der Waals surface area contributed by atoms with Gasteiger partial charge in [0.1, 0.15) is 6.10 Å². The van der Waals surface area contributed by atoms with Crippen LogP contribution in [0.15, 0.2) is 59.5 Å². The summed E-state index contributed by atoms with van der Waals surface area (Å²) in [5.41, 5.74) is 1.21. The second-order valence-electron chi connectivity index (χ2n) is 4.84. The van der Waals surface area contributed by atoms with Crippen LogP contribution < -0.4 is 0 Å². The molecular formula is C17H18O2S. The van der Waals surface area contributed by atoms with Crippen molar-refractivity contribution in [2.24, 2.45) is 0 Å². The van der Waals surface area contributed by atoms with Gasteiger partial charge < -0.3 is 5.11 Å². The van der Waals surface area contributed by atoms with E-state index >= 15 is 0 Å². The zero-order chi connectivity index (χ0) is 14.5. The maximum absolute atomic E-state index is 12.5. The van der Waals surface area contributed by atoms with Crippen LogP contribution in [0.2, 0.25) is 0 Å². The lowest BCUT2D eigenvalue weighted by Gasteiger charge is -2.14. The molecule has 20 heavy (non-hydrogen) atoms. The summed E-state index contributed by atoms with van der Waals surface area (Å²) in [7, 11) is 0. The number of carbonyl (C=O) groups excluding carboxylic acids is 1. The molecule has 2 aromatic carbocycles. The molecule has 0 spiro atoms. The van der Waals surface area contributed by atoms with Crippen LogP contribution in [0.1, 0.15) is 35.9 Å². The number of hydrogen-bond donors (Lipinski definition) is 1. The molecule has 1 atom stereocenters. The Morgan fingerprint density at radius 1 is 1.00 bits per heavy atom. The molecule has 1 N–H and O–H groups in total. The van der Waals surface area contributed by atoms with Gasteiger partial charge in [-0.3, -0.25) is 4.79 Å². The van der Waals surface area contributed by atoms with E-state index in [1.54, 1.807) is 30.0 Å². The van der Waals surface area contributed by atoms with Gasteiger partial charge in [-0.25, -0.2) is 0 Å². The monoisotopic (exact) mass is 286 g/mol. The molecule has 104 valence electrons. The number of carbonyl (C=O) groups is 1. The maximum Gasteiger partial charge on any atom is 0.196 e. The Kier molecular flexibility index (Phi) is 4.99. The van der Waals surface area contributed by atoms with Gasteiger partial charge in [0, 0.05) is 15.7 Å². The van der Waals surface area contributed by atoms with E-state index in [1.165, 1.54) is 0 Å². The van der Waals surface area contributed by atoms with E-state index in [9.17, 15) is 9.90 Å². The highest BCUT2D eigenvalue weighted by Gasteiger charge is 2.21. The minimum Gasteiger partial charge on any atom is -0.380 e. The van der Waals surface area contributed by atoms with Gasteiger partial charge in [0.2, 0.25) is 0 Å². The summed E-state index contributed by atoms with van der Waals surface area (Å²) in [6, 6.07) is 16.5. The summed E-state index contributed by atoms with van der Waals surface area (Å²) in [4.78, 5) is 13.4. The fourth-order valence-electron chi connectivity index (χ4n) is 1.96. The first kappa shape index (κ1) is 14.8. The van der Waals surface area contributed by atoms with Crippen LogP contribution >= 0.6 is 11.8 Å². The first-order valence-electron chi connectivity index (χ1n) is 6.62. The average molecular weight is 286 g/mol. The summed E-state index contributed by atoms with van der Waals surface area (Å²) in [5, 5.41) is 10.6. The van der Waals surface area contributed by atoms with Crippen LogP contribution in [0.3, 0.4) is 0 Å². The Morgan fingerprint density at radius 2 is 1.60 bits per heavy atom. The van der Waals surface area contributed by atoms with Crippen LogP contribution in [-0.2, 0) is 0 Å². The highest BCUT2D eigenvalue weighted by Crippen LogP contribution is 2.29. The summed E-state index contributed by atoms with van der Waals surface area (Å²) in [6.07, 6.45) is -1.11. The molecule has 0 radical (unpaired) electrons. The van der Waals surface area contributed by atoms with Crippen molar-refractivity contribution >= 4 is 17.5 Å². The minimum absolute atomic E-state index is 0.250. The van der Waals surface area contributed by atoms with Crippen molar-refractivity contribution in [2.45, 2.75) is 30.1 Å². The van der Waals surface area contributed by atoms with Crippen molar-refractivity contribution in [3.63, 3.8) is 0 Å². The summed E-state index contributed by atoms with van der Waals surface area (Å²) in [6.45, 7) is 4.17. The number of Topliss-reactive ketones (excluding diaryl/α,β-unsaturated/α-hetero) is 1. The molecule has 1 unspecified atom stereocenters. The van der Waals surface area contributed by atoms with Crippen molar-refractivity contribution in [3.8, 4) is 0 Å². The summed E-state index contributed by atoms with van der Waals surface area (Å²) in [5.74, 6) is -0.250. The highest BCUT2D eigenvalue weighted by atomic mass is 32.2.